The van der Waals surface area contributed by atoms with E-state index in [4.69, 9.17) is 19.9 Å². The number of carbonyl (C=O) groups excluding carboxylic acids is 3. The summed E-state index contributed by atoms with van der Waals surface area (Å²) in [4.78, 5) is 47.1. The molecule has 3 amide bonds. The Morgan fingerprint density at radius 2 is 2.03 bits per heavy atom. The first-order valence-electron chi connectivity index (χ1n) is 9.02. The van der Waals surface area contributed by atoms with Crippen LogP contribution in [0.25, 0.3) is 0 Å². The zero-order valence-corrected chi connectivity index (χ0v) is 17.5. The fourth-order valence-corrected chi connectivity index (χ4v) is 4.27. The maximum Gasteiger partial charge on any atom is 0.410 e. The summed E-state index contributed by atoms with van der Waals surface area (Å²) in [5.41, 5.74) is 6.53. The fraction of sp³-hybridized carbons (Fsp3) is 0.389. The number of methoxy groups -OCH3 is 2. The van der Waals surface area contributed by atoms with Gasteiger partial charge in [0.1, 0.15) is 10.7 Å². The molecule has 0 atom stereocenters. The number of nitrogens with one attached hydrogen (secondary N) is 1. The molecule has 0 spiro atoms. The van der Waals surface area contributed by atoms with Crippen molar-refractivity contribution in [3.63, 3.8) is 0 Å². The third kappa shape index (κ3) is 4.27. The average Bonchev–Trinajstić information content (AvgIpc) is 3.10. The van der Waals surface area contributed by atoms with Crippen LogP contribution in [0.5, 0.6) is 11.9 Å². The van der Waals surface area contributed by atoms with Crippen molar-refractivity contribution in [2.75, 3.05) is 32.7 Å². The summed E-state index contributed by atoms with van der Waals surface area (Å²) in [7, 11) is 2.77. The van der Waals surface area contributed by atoms with E-state index in [-0.39, 0.29) is 36.3 Å². The van der Waals surface area contributed by atoms with Crippen molar-refractivity contribution in [1.82, 2.24) is 14.9 Å². The molecule has 0 bridgehead atoms. The van der Waals surface area contributed by atoms with E-state index in [2.05, 4.69) is 15.3 Å². The van der Waals surface area contributed by atoms with Gasteiger partial charge in [0, 0.05) is 17.5 Å². The van der Waals surface area contributed by atoms with E-state index in [1.807, 2.05) is 0 Å². The Hall–Kier alpha value is -3.41. The Morgan fingerprint density at radius 1 is 1.27 bits per heavy atom. The SMILES string of the molecule is CCOC(=O)N1CCc2c(sc(NC(=O)c3cc(OC)nc(OC)n3)c2C(N)=O)C1. The molecule has 3 rings (SSSR count). The van der Waals surface area contributed by atoms with E-state index >= 15 is 0 Å². The second kappa shape index (κ2) is 8.95. The van der Waals surface area contributed by atoms with Crippen LogP contribution in [-0.4, -0.2) is 60.1 Å². The molecular formula is C18H21N5O6S. The van der Waals surface area contributed by atoms with Gasteiger partial charge in [0.05, 0.1) is 32.9 Å². The Kier molecular flexibility index (Phi) is 6.35. The van der Waals surface area contributed by atoms with Crippen molar-refractivity contribution in [3.8, 4) is 11.9 Å². The molecule has 1 aliphatic heterocycles. The van der Waals surface area contributed by atoms with E-state index in [0.29, 0.717) is 18.0 Å². The smallest absolute Gasteiger partial charge is 0.410 e. The molecule has 160 valence electrons. The number of thiophene rings is 1. The van der Waals surface area contributed by atoms with Crippen LogP contribution in [0.4, 0.5) is 9.80 Å². The van der Waals surface area contributed by atoms with Crippen molar-refractivity contribution < 1.29 is 28.6 Å². The van der Waals surface area contributed by atoms with Gasteiger partial charge in [-0.25, -0.2) is 4.79 Å². The lowest BCUT2D eigenvalue weighted by atomic mass is 10.0. The first-order chi connectivity index (χ1) is 14.4. The van der Waals surface area contributed by atoms with Crippen LogP contribution in [0.1, 0.15) is 38.2 Å². The quantitative estimate of drug-likeness (QED) is 0.693. The summed E-state index contributed by atoms with van der Waals surface area (Å²) in [5.74, 6) is -1.10. The molecule has 3 heterocycles. The van der Waals surface area contributed by atoms with Crippen LogP contribution < -0.4 is 20.5 Å². The number of carbonyl (C=O) groups is 3. The van der Waals surface area contributed by atoms with Crippen molar-refractivity contribution in [2.24, 2.45) is 5.73 Å². The van der Waals surface area contributed by atoms with Crippen LogP contribution in [0.15, 0.2) is 6.07 Å². The van der Waals surface area contributed by atoms with Gasteiger partial charge in [0.2, 0.25) is 5.88 Å². The number of aromatic nitrogens is 2. The molecule has 30 heavy (non-hydrogen) atoms. The summed E-state index contributed by atoms with van der Waals surface area (Å²) in [5, 5.41) is 2.97. The molecule has 0 radical (unpaired) electrons. The van der Waals surface area contributed by atoms with Gasteiger partial charge < -0.3 is 30.2 Å². The number of hydrogen-bond donors (Lipinski definition) is 2. The average molecular weight is 435 g/mol. The maximum absolute atomic E-state index is 12.8. The lowest BCUT2D eigenvalue weighted by molar-refractivity contribution is 0.0997. The van der Waals surface area contributed by atoms with Crippen molar-refractivity contribution >= 4 is 34.2 Å². The molecule has 12 heteroatoms. The minimum Gasteiger partial charge on any atom is -0.481 e. The standard InChI is InChI=1S/C18H21N5O6S/c1-4-29-18(26)23-6-5-9-11(8-23)30-16(13(9)14(19)24)22-15(25)10-7-12(27-2)21-17(20-10)28-3/h7H,4-6,8H2,1-3H3,(H2,19,24)(H,22,25). The van der Waals surface area contributed by atoms with Gasteiger partial charge >= 0.3 is 12.1 Å². The first-order valence-corrected chi connectivity index (χ1v) is 9.84. The molecule has 3 N–H and O–H groups in total. The number of primary amides is 1. The minimum absolute atomic E-state index is 0.00589. The van der Waals surface area contributed by atoms with E-state index in [0.717, 1.165) is 10.4 Å². The molecule has 0 saturated carbocycles. The Labute approximate surface area is 176 Å². The highest BCUT2D eigenvalue weighted by atomic mass is 32.1. The third-order valence-electron chi connectivity index (χ3n) is 4.36. The number of fused-ring (bicyclic) bond motifs is 1. The molecule has 0 unspecified atom stereocenters. The van der Waals surface area contributed by atoms with E-state index < -0.39 is 17.9 Å². The third-order valence-corrected chi connectivity index (χ3v) is 5.50. The lowest BCUT2D eigenvalue weighted by Gasteiger charge is -2.26. The van der Waals surface area contributed by atoms with E-state index in [9.17, 15) is 14.4 Å². The monoisotopic (exact) mass is 435 g/mol. The normalized spacial score (nSPS) is 12.7. The summed E-state index contributed by atoms with van der Waals surface area (Å²) < 4.78 is 15.1. The van der Waals surface area contributed by atoms with Gasteiger partial charge in [-0.1, -0.05) is 0 Å². The van der Waals surface area contributed by atoms with Crippen LogP contribution in [0.2, 0.25) is 0 Å². The van der Waals surface area contributed by atoms with Gasteiger partial charge in [0.15, 0.2) is 0 Å². The molecule has 2 aromatic rings. The number of amides is 3. The highest BCUT2D eigenvalue weighted by molar-refractivity contribution is 7.17. The van der Waals surface area contributed by atoms with Crippen molar-refractivity contribution in [2.45, 2.75) is 19.9 Å². The summed E-state index contributed by atoms with van der Waals surface area (Å²) >= 11 is 1.18. The van der Waals surface area contributed by atoms with Crippen LogP contribution in [0, 0.1) is 0 Å². The zero-order chi connectivity index (χ0) is 21.8. The van der Waals surface area contributed by atoms with E-state index in [1.54, 1.807) is 11.8 Å². The predicted octanol–water partition coefficient (Wildman–Crippen LogP) is 1.42. The molecular weight excluding hydrogens is 414 g/mol. The predicted molar refractivity (Wildman–Crippen MR) is 107 cm³/mol. The zero-order valence-electron chi connectivity index (χ0n) is 16.7. The van der Waals surface area contributed by atoms with Crippen LogP contribution in [-0.2, 0) is 17.7 Å². The molecule has 1 aliphatic rings. The summed E-state index contributed by atoms with van der Waals surface area (Å²) in [6.07, 6.45) is -0.00329. The molecule has 2 aromatic heterocycles. The van der Waals surface area contributed by atoms with Crippen LogP contribution in [0.3, 0.4) is 0 Å². The molecule has 0 saturated heterocycles. The minimum atomic E-state index is -0.662. The highest BCUT2D eigenvalue weighted by Crippen LogP contribution is 2.37. The number of ether oxygens (including phenoxy) is 3. The Bertz CT molecular complexity index is 969. The second-order valence-electron chi connectivity index (χ2n) is 6.18. The lowest BCUT2D eigenvalue weighted by Crippen LogP contribution is -2.36. The Morgan fingerprint density at radius 3 is 2.67 bits per heavy atom. The topological polar surface area (TPSA) is 146 Å². The Balaban J connectivity index is 1.89. The second-order valence-corrected chi connectivity index (χ2v) is 7.28. The van der Waals surface area contributed by atoms with Gasteiger partial charge in [-0.2, -0.15) is 9.97 Å². The van der Waals surface area contributed by atoms with Crippen molar-refractivity contribution in [1.29, 1.82) is 0 Å². The van der Waals surface area contributed by atoms with E-state index in [1.165, 1.54) is 31.6 Å². The molecule has 11 nitrogen and oxygen atoms in total. The van der Waals surface area contributed by atoms with Gasteiger partial charge in [-0.3, -0.25) is 9.59 Å². The number of nitrogens with two attached hydrogens (primary N) is 1. The van der Waals surface area contributed by atoms with Crippen molar-refractivity contribution in [3.05, 3.63) is 27.8 Å². The summed E-state index contributed by atoms with van der Waals surface area (Å²) in [6, 6.07) is 1.31. The molecule has 0 aromatic carbocycles. The highest BCUT2D eigenvalue weighted by Gasteiger charge is 2.30. The number of anilines is 1. The van der Waals surface area contributed by atoms with Crippen LogP contribution >= 0.6 is 11.3 Å². The summed E-state index contributed by atoms with van der Waals surface area (Å²) in [6.45, 7) is 2.65. The first kappa shape index (κ1) is 21.3. The molecule has 0 aliphatic carbocycles. The molecule has 0 fully saturated rings. The number of rotatable bonds is 6. The van der Waals surface area contributed by atoms with Gasteiger partial charge in [0.25, 0.3) is 11.8 Å². The van der Waals surface area contributed by atoms with Gasteiger partial charge in [-0.05, 0) is 18.9 Å². The largest absolute Gasteiger partial charge is 0.481 e. The maximum atomic E-state index is 12.8. The van der Waals surface area contributed by atoms with Gasteiger partial charge in [-0.15, -0.1) is 11.3 Å². The number of hydrogen-bond acceptors (Lipinski definition) is 9. The fourth-order valence-electron chi connectivity index (χ4n) is 3.01. The number of nitrogens with zero attached hydrogens (tertiary/aromatic N) is 3.